The van der Waals surface area contributed by atoms with Gasteiger partial charge in [-0.1, -0.05) is 30.3 Å². The Morgan fingerprint density at radius 3 is 2.39 bits per heavy atom. The lowest BCUT2D eigenvalue weighted by molar-refractivity contribution is 0.799. The van der Waals surface area contributed by atoms with Crippen LogP contribution in [-0.4, -0.2) is 21.1 Å². The molecule has 0 saturated heterocycles. The summed E-state index contributed by atoms with van der Waals surface area (Å²) in [6.07, 6.45) is 3.73. The number of rotatable bonds is 3. The first-order valence-corrected chi connectivity index (χ1v) is 6.31. The molecule has 2 aromatic rings. The van der Waals surface area contributed by atoms with E-state index < -0.39 is 0 Å². The first kappa shape index (κ1) is 12.7. The first-order valence-electron chi connectivity index (χ1n) is 5.52. The van der Waals surface area contributed by atoms with Crippen LogP contribution in [0.5, 0.6) is 0 Å². The van der Waals surface area contributed by atoms with E-state index in [0.29, 0.717) is 0 Å². The van der Waals surface area contributed by atoms with Gasteiger partial charge in [0, 0.05) is 4.48 Å². The van der Waals surface area contributed by atoms with Crippen molar-refractivity contribution in [2.24, 2.45) is 5.10 Å². The Balaban J connectivity index is 2.17. The summed E-state index contributed by atoms with van der Waals surface area (Å²) in [4.78, 5) is 0. The molecule has 0 aliphatic heterocycles. The molecule has 0 saturated carbocycles. The van der Waals surface area contributed by atoms with Gasteiger partial charge in [0.05, 0.1) is 6.21 Å². The van der Waals surface area contributed by atoms with Gasteiger partial charge in [0.1, 0.15) is 0 Å². The maximum Gasteiger partial charge on any atom is 0.151 e. The second-order valence-electron chi connectivity index (χ2n) is 3.79. The molecule has 1 aromatic carbocycles. The third kappa shape index (κ3) is 3.13. The minimum Gasteiger partial charge on any atom is -0.202 e. The molecule has 0 radical (unpaired) electrons. The monoisotopic (exact) mass is 304 g/mol. The number of hydrogen-bond acceptors (Lipinski definition) is 3. The molecule has 4 nitrogen and oxygen atoms in total. The van der Waals surface area contributed by atoms with Crippen LogP contribution in [0.3, 0.4) is 0 Å². The van der Waals surface area contributed by atoms with Crippen molar-refractivity contribution in [3.63, 3.8) is 0 Å². The zero-order chi connectivity index (χ0) is 13.0. The van der Waals surface area contributed by atoms with Crippen molar-refractivity contribution < 1.29 is 0 Å². The molecule has 18 heavy (non-hydrogen) atoms. The van der Waals surface area contributed by atoms with Crippen LogP contribution in [-0.2, 0) is 0 Å². The molecular weight excluding hydrogens is 292 g/mol. The van der Waals surface area contributed by atoms with E-state index >= 15 is 0 Å². The van der Waals surface area contributed by atoms with E-state index in [2.05, 4.69) is 31.2 Å². The molecule has 92 valence electrons. The summed E-state index contributed by atoms with van der Waals surface area (Å²) in [7, 11) is 0. The average molecular weight is 305 g/mol. The van der Waals surface area contributed by atoms with Gasteiger partial charge in [0.2, 0.25) is 0 Å². The van der Waals surface area contributed by atoms with Crippen LogP contribution in [0.2, 0.25) is 0 Å². The lowest BCUT2D eigenvalue weighted by Gasteiger charge is -1.97. The van der Waals surface area contributed by atoms with Gasteiger partial charge in [-0.05, 0) is 41.4 Å². The highest BCUT2D eigenvalue weighted by Crippen LogP contribution is 2.10. The van der Waals surface area contributed by atoms with Gasteiger partial charge in [-0.2, -0.15) is 5.10 Å². The van der Waals surface area contributed by atoms with Crippen LogP contribution < -0.4 is 0 Å². The number of allylic oxidation sites excluding steroid dienone is 1. The highest BCUT2D eigenvalue weighted by Gasteiger charge is 2.00. The predicted octanol–water partition coefficient (Wildman–Crippen LogP) is 3.16. The molecule has 0 aliphatic carbocycles. The Morgan fingerprint density at radius 2 is 1.78 bits per heavy atom. The average Bonchev–Trinajstić information content (AvgIpc) is 2.68. The van der Waals surface area contributed by atoms with E-state index in [1.807, 2.05) is 50.3 Å². The summed E-state index contributed by atoms with van der Waals surface area (Å²) in [6.45, 7) is 3.73. The van der Waals surface area contributed by atoms with E-state index in [4.69, 9.17) is 0 Å². The molecule has 1 heterocycles. The Labute approximate surface area is 114 Å². The van der Waals surface area contributed by atoms with Crippen LogP contribution in [0.25, 0.3) is 6.08 Å². The summed E-state index contributed by atoms with van der Waals surface area (Å²) < 4.78 is 2.58. The van der Waals surface area contributed by atoms with Gasteiger partial charge in [-0.15, -0.1) is 10.2 Å². The molecule has 5 heteroatoms. The Bertz CT molecular complexity index is 565. The molecule has 0 aliphatic rings. The largest absolute Gasteiger partial charge is 0.202 e. The van der Waals surface area contributed by atoms with Crippen LogP contribution in [0, 0.1) is 13.8 Å². The Hall–Kier alpha value is -1.75. The molecule has 2 rings (SSSR count). The fourth-order valence-corrected chi connectivity index (χ4v) is 1.85. The van der Waals surface area contributed by atoms with E-state index in [1.165, 1.54) is 0 Å². The number of aromatic nitrogens is 3. The normalized spacial score (nSPS) is 12.3. The van der Waals surface area contributed by atoms with Gasteiger partial charge < -0.3 is 0 Å². The number of aryl methyl sites for hydroxylation is 2. The second-order valence-corrected chi connectivity index (χ2v) is 4.71. The van der Waals surface area contributed by atoms with Crippen LogP contribution in [0.15, 0.2) is 39.9 Å². The Morgan fingerprint density at radius 1 is 1.17 bits per heavy atom. The van der Waals surface area contributed by atoms with Gasteiger partial charge in [0.15, 0.2) is 11.6 Å². The zero-order valence-corrected chi connectivity index (χ0v) is 11.8. The van der Waals surface area contributed by atoms with Crippen molar-refractivity contribution in [1.82, 2.24) is 14.9 Å². The van der Waals surface area contributed by atoms with E-state index in [0.717, 1.165) is 21.7 Å². The number of hydrogen-bond donors (Lipinski definition) is 0. The van der Waals surface area contributed by atoms with Gasteiger partial charge in [0.25, 0.3) is 0 Å². The molecule has 0 spiro atoms. The van der Waals surface area contributed by atoms with Crippen molar-refractivity contribution in [3.8, 4) is 0 Å². The third-order valence-electron chi connectivity index (χ3n) is 2.35. The molecule has 0 amide bonds. The highest BCUT2D eigenvalue weighted by molar-refractivity contribution is 9.12. The molecule has 0 fully saturated rings. The van der Waals surface area contributed by atoms with E-state index in [1.54, 1.807) is 10.9 Å². The molecule has 0 atom stereocenters. The summed E-state index contributed by atoms with van der Waals surface area (Å²) in [5.41, 5.74) is 1.12. The summed E-state index contributed by atoms with van der Waals surface area (Å²) >= 11 is 3.47. The van der Waals surface area contributed by atoms with Crippen molar-refractivity contribution in [2.75, 3.05) is 0 Å². The van der Waals surface area contributed by atoms with Crippen molar-refractivity contribution in [3.05, 3.63) is 52.0 Å². The van der Waals surface area contributed by atoms with Gasteiger partial charge in [-0.3, -0.25) is 0 Å². The van der Waals surface area contributed by atoms with Crippen LogP contribution in [0.4, 0.5) is 0 Å². The number of halogens is 1. The molecule has 0 unspecified atom stereocenters. The zero-order valence-electron chi connectivity index (χ0n) is 10.2. The van der Waals surface area contributed by atoms with Gasteiger partial charge >= 0.3 is 0 Å². The molecule has 0 bridgehead atoms. The minimum atomic E-state index is 0.767. The quantitative estimate of drug-likeness (QED) is 0.818. The Kier molecular flexibility index (Phi) is 4.04. The van der Waals surface area contributed by atoms with Crippen molar-refractivity contribution in [2.45, 2.75) is 13.8 Å². The fraction of sp³-hybridized carbons (Fsp3) is 0.154. The fourth-order valence-electron chi connectivity index (χ4n) is 1.49. The van der Waals surface area contributed by atoms with E-state index in [9.17, 15) is 0 Å². The minimum absolute atomic E-state index is 0.767. The third-order valence-corrected chi connectivity index (χ3v) is 2.79. The van der Waals surface area contributed by atoms with Crippen molar-refractivity contribution >= 4 is 28.2 Å². The summed E-state index contributed by atoms with van der Waals surface area (Å²) in [5, 5.41) is 12.2. The first-order chi connectivity index (χ1) is 8.66. The number of nitrogens with zero attached hydrogens (tertiary/aromatic N) is 4. The van der Waals surface area contributed by atoms with Crippen molar-refractivity contribution in [1.29, 1.82) is 0 Å². The van der Waals surface area contributed by atoms with Gasteiger partial charge in [-0.25, -0.2) is 4.68 Å². The maximum absolute atomic E-state index is 4.31. The highest BCUT2D eigenvalue weighted by atomic mass is 79.9. The summed E-state index contributed by atoms with van der Waals surface area (Å²) in [6, 6.07) is 10.0. The second kappa shape index (κ2) is 5.73. The van der Waals surface area contributed by atoms with E-state index in [-0.39, 0.29) is 0 Å². The molecular formula is C13H13BrN4. The molecule has 0 N–H and O–H groups in total. The lowest BCUT2D eigenvalue weighted by Crippen LogP contribution is -1.95. The standard InChI is InChI=1S/C13H13BrN4/c1-10-16-17-11(2)18(10)15-9-13(14)8-12-6-4-3-5-7-12/h3-9H,1-2H3/b13-8-,15-9+. The lowest BCUT2D eigenvalue weighted by atomic mass is 10.2. The van der Waals surface area contributed by atoms with Crippen LogP contribution >= 0.6 is 15.9 Å². The topological polar surface area (TPSA) is 43.1 Å². The maximum atomic E-state index is 4.31. The number of benzene rings is 1. The molecule has 1 aromatic heterocycles. The smallest absolute Gasteiger partial charge is 0.151 e. The SMILES string of the molecule is Cc1nnc(C)n1/N=C/C(Br)=C/c1ccccc1. The predicted molar refractivity (Wildman–Crippen MR) is 76.7 cm³/mol. The van der Waals surface area contributed by atoms with Crippen LogP contribution in [0.1, 0.15) is 17.2 Å². The summed E-state index contributed by atoms with van der Waals surface area (Å²) in [5.74, 6) is 1.53.